The first kappa shape index (κ1) is 21.1. The van der Waals surface area contributed by atoms with Crippen molar-refractivity contribution < 1.29 is 43.4 Å². The summed E-state index contributed by atoms with van der Waals surface area (Å²) in [7, 11) is 2.22. The van der Waals surface area contributed by atoms with Crippen molar-refractivity contribution in [2.45, 2.75) is 75.7 Å². The van der Waals surface area contributed by atoms with Gasteiger partial charge in [-0.3, -0.25) is 0 Å². The molecule has 29 heavy (non-hydrogen) atoms. The standard InChI is InChI=1S/C19H29BO9/c1-10-4-5-12-11(2)15(25-14(23)9-24-8-13(21)22)26-16-19(12)18(10,20)7-6-17(3,27-16)28-29-19/h10-12,15-16H,4-9,20H2,1-3H3,(H,21,22)/t10-,11-,12?,15?,16-,17+,18-,19-/m1/s1. The van der Waals surface area contributed by atoms with E-state index in [4.69, 9.17) is 33.8 Å². The van der Waals surface area contributed by atoms with Crippen molar-refractivity contribution >= 4 is 19.8 Å². The number of fused-ring (bicyclic) bond motifs is 2. The molecular formula is C19H29BO9. The van der Waals surface area contributed by atoms with Gasteiger partial charge >= 0.3 is 11.9 Å². The van der Waals surface area contributed by atoms with E-state index in [1.54, 1.807) is 0 Å². The second-order valence-electron chi connectivity index (χ2n) is 9.29. The number of carboxylic acids is 1. The summed E-state index contributed by atoms with van der Waals surface area (Å²) in [4.78, 5) is 34.6. The van der Waals surface area contributed by atoms with Crippen LogP contribution in [0.1, 0.15) is 46.5 Å². The van der Waals surface area contributed by atoms with Crippen LogP contribution in [0.15, 0.2) is 0 Å². The number of esters is 1. The Kier molecular flexibility index (Phi) is 5.22. The van der Waals surface area contributed by atoms with Gasteiger partial charge in [-0.2, -0.15) is 0 Å². The molecule has 0 aromatic rings. The molecule has 5 rings (SSSR count). The third-order valence-corrected chi connectivity index (χ3v) is 7.62. The monoisotopic (exact) mass is 412 g/mol. The van der Waals surface area contributed by atoms with Crippen LogP contribution in [-0.4, -0.2) is 62.1 Å². The minimum absolute atomic E-state index is 0.0165. The van der Waals surface area contributed by atoms with Crippen LogP contribution in [0, 0.1) is 17.8 Å². The Hall–Kier alpha value is -1.20. The first-order valence-corrected chi connectivity index (χ1v) is 10.3. The predicted molar refractivity (Wildman–Crippen MR) is 99.1 cm³/mol. The molecular weight excluding hydrogens is 383 g/mol. The van der Waals surface area contributed by atoms with E-state index in [9.17, 15) is 9.59 Å². The smallest absolute Gasteiger partial charge is 0.334 e. The van der Waals surface area contributed by atoms with Gasteiger partial charge in [0.05, 0.1) is 0 Å². The fraction of sp³-hybridized carbons (Fsp3) is 0.895. The number of carbonyl (C=O) groups excluding carboxylic acids is 1. The van der Waals surface area contributed by atoms with Gasteiger partial charge in [0.15, 0.2) is 11.9 Å². The van der Waals surface area contributed by atoms with Crippen LogP contribution >= 0.6 is 0 Å². The van der Waals surface area contributed by atoms with Crippen molar-refractivity contribution in [3.63, 3.8) is 0 Å². The van der Waals surface area contributed by atoms with Crippen LogP contribution < -0.4 is 0 Å². The summed E-state index contributed by atoms with van der Waals surface area (Å²) in [5, 5.41) is 8.42. The van der Waals surface area contributed by atoms with Crippen molar-refractivity contribution in [2.24, 2.45) is 17.8 Å². The summed E-state index contributed by atoms with van der Waals surface area (Å²) < 4.78 is 22.8. The van der Waals surface area contributed by atoms with E-state index in [0.29, 0.717) is 12.3 Å². The summed E-state index contributed by atoms with van der Waals surface area (Å²) in [6, 6.07) is 0. The Morgan fingerprint density at radius 2 is 1.93 bits per heavy atom. The van der Waals surface area contributed by atoms with E-state index in [2.05, 4.69) is 14.8 Å². The Bertz CT molecular complexity index is 689. The second kappa shape index (κ2) is 7.20. The van der Waals surface area contributed by atoms with Crippen LogP contribution in [0.25, 0.3) is 0 Å². The molecule has 1 aliphatic carbocycles. The first-order valence-electron chi connectivity index (χ1n) is 10.3. The highest BCUT2D eigenvalue weighted by Crippen LogP contribution is 2.68. The largest absolute Gasteiger partial charge is 0.480 e. The molecule has 4 aliphatic heterocycles. The zero-order chi connectivity index (χ0) is 21.0. The zero-order valence-corrected chi connectivity index (χ0v) is 17.3. The minimum Gasteiger partial charge on any atom is -0.480 e. The molecule has 0 aromatic heterocycles. The van der Waals surface area contributed by atoms with Crippen molar-refractivity contribution in [1.29, 1.82) is 0 Å². The Morgan fingerprint density at radius 1 is 1.17 bits per heavy atom. The molecule has 5 aliphatic rings. The first-order chi connectivity index (χ1) is 13.6. The molecule has 9 nitrogen and oxygen atoms in total. The summed E-state index contributed by atoms with van der Waals surface area (Å²) in [6.07, 6.45) is 1.93. The van der Waals surface area contributed by atoms with Crippen LogP contribution in [0.4, 0.5) is 0 Å². The maximum absolute atomic E-state index is 12.2. The van der Waals surface area contributed by atoms with Gasteiger partial charge in [0.25, 0.3) is 0 Å². The molecule has 0 amide bonds. The maximum Gasteiger partial charge on any atom is 0.334 e. The lowest BCUT2D eigenvalue weighted by molar-refractivity contribution is -0.574. The quantitative estimate of drug-likeness (QED) is 0.402. The topological polar surface area (TPSA) is 110 Å². The third-order valence-electron chi connectivity index (χ3n) is 7.62. The lowest BCUT2D eigenvalue weighted by Gasteiger charge is -2.64. The average Bonchev–Trinajstić information content (AvgIpc) is 2.83. The molecule has 1 N–H and O–H groups in total. The van der Waals surface area contributed by atoms with Gasteiger partial charge in [0, 0.05) is 18.3 Å². The highest BCUT2D eigenvalue weighted by molar-refractivity contribution is 6.16. The predicted octanol–water partition coefficient (Wildman–Crippen LogP) is 1.01. The number of hydrogen-bond acceptors (Lipinski definition) is 8. The van der Waals surface area contributed by atoms with Gasteiger partial charge in [-0.1, -0.05) is 20.3 Å². The lowest BCUT2D eigenvalue weighted by atomic mass is 9.42. The van der Waals surface area contributed by atoms with Gasteiger partial charge in [0.1, 0.15) is 21.1 Å². The SMILES string of the molecule is B[C@@]12CC[C@]3(C)OO[C@@]14C(CC[C@H]2C)[C@@H](C)C(OC(=O)COCC(=O)O)O[C@@H]4O3. The Labute approximate surface area is 170 Å². The molecule has 162 valence electrons. The van der Waals surface area contributed by atoms with Crippen molar-refractivity contribution in [2.75, 3.05) is 13.2 Å². The lowest BCUT2D eigenvalue weighted by Crippen LogP contribution is -2.72. The van der Waals surface area contributed by atoms with Crippen LogP contribution in [-0.2, 0) is 38.3 Å². The van der Waals surface area contributed by atoms with E-state index in [1.807, 2.05) is 13.8 Å². The molecule has 2 bridgehead atoms. The summed E-state index contributed by atoms with van der Waals surface area (Å²) in [5.41, 5.74) is -0.775. The minimum atomic E-state index is -1.15. The second-order valence-corrected chi connectivity index (χ2v) is 9.29. The van der Waals surface area contributed by atoms with Gasteiger partial charge in [-0.05, 0) is 31.0 Å². The highest BCUT2D eigenvalue weighted by atomic mass is 17.3. The summed E-state index contributed by atoms with van der Waals surface area (Å²) in [6.45, 7) is 5.04. The number of rotatable bonds is 5. The zero-order valence-electron chi connectivity index (χ0n) is 17.3. The van der Waals surface area contributed by atoms with Crippen molar-refractivity contribution in [3.8, 4) is 0 Å². The molecule has 1 spiro atoms. The molecule has 1 saturated carbocycles. The van der Waals surface area contributed by atoms with E-state index < -0.39 is 49.1 Å². The number of carbonyl (C=O) groups is 2. The van der Waals surface area contributed by atoms with Gasteiger partial charge in [-0.25, -0.2) is 19.4 Å². The van der Waals surface area contributed by atoms with Gasteiger partial charge in [-0.15, -0.1) is 0 Å². The maximum atomic E-state index is 12.2. The molecule has 8 atom stereocenters. The van der Waals surface area contributed by atoms with E-state index in [1.165, 1.54) is 0 Å². The Morgan fingerprint density at radius 3 is 2.66 bits per heavy atom. The summed E-state index contributed by atoms with van der Waals surface area (Å²) >= 11 is 0. The van der Waals surface area contributed by atoms with E-state index in [-0.39, 0.29) is 17.2 Å². The van der Waals surface area contributed by atoms with Crippen molar-refractivity contribution in [3.05, 3.63) is 0 Å². The van der Waals surface area contributed by atoms with Crippen molar-refractivity contribution in [1.82, 2.24) is 0 Å². The molecule has 10 heteroatoms. The molecule has 0 radical (unpaired) electrons. The van der Waals surface area contributed by atoms with Gasteiger partial charge in [0.2, 0.25) is 12.1 Å². The molecule has 0 aromatic carbocycles. The van der Waals surface area contributed by atoms with E-state index in [0.717, 1.165) is 19.3 Å². The summed E-state index contributed by atoms with van der Waals surface area (Å²) in [5.74, 6) is -2.48. The van der Waals surface area contributed by atoms with Crippen LogP contribution in [0.5, 0.6) is 0 Å². The number of carboxylic acid groups (broad SMARTS) is 1. The fourth-order valence-corrected chi connectivity index (χ4v) is 5.67. The average molecular weight is 412 g/mol. The van der Waals surface area contributed by atoms with Crippen LogP contribution in [0.2, 0.25) is 5.31 Å². The van der Waals surface area contributed by atoms with E-state index >= 15 is 0 Å². The highest BCUT2D eigenvalue weighted by Gasteiger charge is 2.73. The third kappa shape index (κ3) is 3.20. The number of hydrogen-bond donors (Lipinski definition) is 1. The molecule has 4 heterocycles. The Balaban J connectivity index is 1.57. The molecule has 2 unspecified atom stereocenters. The number of ether oxygens (including phenoxy) is 4. The fourth-order valence-electron chi connectivity index (χ4n) is 5.67. The molecule has 4 saturated heterocycles. The number of aliphatic carboxylic acids is 1. The normalized spacial score (nSPS) is 48.4. The van der Waals surface area contributed by atoms with Crippen LogP contribution in [0.3, 0.4) is 0 Å². The molecule has 5 fully saturated rings. The van der Waals surface area contributed by atoms with Gasteiger partial charge < -0.3 is 24.1 Å².